The largest absolute Gasteiger partial charge is 0.321 e. The maximum atomic E-state index is 13.3. The summed E-state index contributed by atoms with van der Waals surface area (Å²) in [7, 11) is 0. The van der Waals surface area contributed by atoms with E-state index in [0.29, 0.717) is 20.9 Å². The standard InChI is InChI=1S/C24H15ClN4O2S/c25-17-6-8-18(9-7-17)28-22(30)20(15-26)24-29(19-4-2-1-3-5-19)23(31)21(32-24)14-16-10-12-27-13-11-16/h1-14H,(H,28,30)/b21-14+,24-20+. The lowest BCUT2D eigenvalue weighted by Crippen LogP contribution is -2.32. The van der Waals surface area contributed by atoms with Crippen LogP contribution in [0.25, 0.3) is 17.3 Å². The van der Waals surface area contributed by atoms with Gasteiger partial charge in [0, 0.05) is 23.1 Å². The van der Waals surface area contributed by atoms with Gasteiger partial charge in [-0.3, -0.25) is 19.1 Å². The molecule has 0 fully saturated rings. The van der Waals surface area contributed by atoms with Crippen molar-refractivity contribution in [2.45, 2.75) is 0 Å². The number of nitriles is 1. The fourth-order valence-electron chi connectivity index (χ4n) is 3.00. The molecule has 0 radical (unpaired) electrons. The molecule has 1 amide bonds. The molecule has 0 spiro atoms. The van der Waals surface area contributed by atoms with Crippen LogP contribution in [0.5, 0.6) is 0 Å². The minimum Gasteiger partial charge on any atom is -0.321 e. The van der Waals surface area contributed by atoms with Crippen LogP contribution in [-0.2, 0) is 4.79 Å². The number of hydrogen-bond acceptors (Lipinski definition) is 5. The molecule has 0 bridgehead atoms. The number of nitrogens with zero attached hydrogens (tertiary/aromatic N) is 3. The molecule has 1 N–H and O–H groups in total. The number of nitrogens with one attached hydrogen (secondary N) is 1. The fraction of sp³-hybridized carbons (Fsp3) is 0. The average molecular weight is 459 g/mol. The highest BCUT2D eigenvalue weighted by atomic mass is 35.5. The summed E-state index contributed by atoms with van der Waals surface area (Å²) in [5.74, 6) is -0.615. The first-order chi connectivity index (χ1) is 15.6. The Balaban J connectivity index is 1.94. The monoisotopic (exact) mass is 458 g/mol. The smallest absolute Gasteiger partial charge is 0.273 e. The van der Waals surface area contributed by atoms with Gasteiger partial charge in [0.25, 0.3) is 11.5 Å². The van der Waals surface area contributed by atoms with Gasteiger partial charge in [0.05, 0.1) is 10.2 Å². The molecule has 0 atom stereocenters. The number of amides is 1. The van der Waals surface area contributed by atoms with Crippen LogP contribution >= 0.6 is 22.9 Å². The Morgan fingerprint density at radius 2 is 1.75 bits per heavy atom. The van der Waals surface area contributed by atoms with E-state index in [4.69, 9.17) is 11.6 Å². The molecule has 0 aliphatic heterocycles. The van der Waals surface area contributed by atoms with Crippen molar-refractivity contribution in [3.05, 3.63) is 109 Å². The van der Waals surface area contributed by atoms with E-state index < -0.39 is 5.91 Å². The van der Waals surface area contributed by atoms with E-state index >= 15 is 0 Å². The molecule has 6 nitrogen and oxygen atoms in total. The summed E-state index contributed by atoms with van der Waals surface area (Å²) in [6.45, 7) is 0. The number of aromatic nitrogens is 2. The van der Waals surface area contributed by atoms with Crippen LogP contribution in [0.4, 0.5) is 5.69 Å². The van der Waals surface area contributed by atoms with Crippen molar-refractivity contribution >= 4 is 46.2 Å². The zero-order chi connectivity index (χ0) is 22.5. The summed E-state index contributed by atoms with van der Waals surface area (Å²) in [4.78, 5) is 30.2. The van der Waals surface area contributed by atoms with Crippen LogP contribution in [0.15, 0.2) is 83.9 Å². The second-order valence-corrected chi connectivity index (χ2v) is 8.09. The number of benzene rings is 2. The second kappa shape index (κ2) is 9.43. The van der Waals surface area contributed by atoms with Crippen molar-refractivity contribution in [2.75, 3.05) is 5.32 Å². The first-order valence-electron chi connectivity index (χ1n) is 9.47. The second-order valence-electron chi connectivity index (χ2n) is 6.62. The van der Waals surface area contributed by atoms with E-state index in [1.165, 1.54) is 4.57 Å². The van der Waals surface area contributed by atoms with Gasteiger partial charge in [-0.05, 0) is 60.2 Å². The van der Waals surface area contributed by atoms with E-state index in [2.05, 4.69) is 10.3 Å². The average Bonchev–Trinajstić information content (AvgIpc) is 3.12. The van der Waals surface area contributed by atoms with Crippen molar-refractivity contribution < 1.29 is 4.79 Å². The zero-order valence-electron chi connectivity index (χ0n) is 16.5. The Bertz CT molecular complexity index is 1490. The van der Waals surface area contributed by atoms with Gasteiger partial charge in [0.1, 0.15) is 10.7 Å². The third-order valence-electron chi connectivity index (χ3n) is 4.50. The molecule has 0 saturated carbocycles. The molecule has 0 saturated heterocycles. The Morgan fingerprint density at radius 1 is 1.06 bits per heavy atom. The van der Waals surface area contributed by atoms with Gasteiger partial charge in [0.15, 0.2) is 5.57 Å². The summed E-state index contributed by atoms with van der Waals surface area (Å²) in [6, 6.07) is 21.0. The number of hydrogen-bond donors (Lipinski definition) is 1. The molecule has 2 aromatic carbocycles. The summed E-state index contributed by atoms with van der Waals surface area (Å²) < 4.78 is 2.02. The molecule has 2 aromatic heterocycles. The minimum atomic E-state index is -0.615. The van der Waals surface area contributed by atoms with Crippen LogP contribution in [0.1, 0.15) is 5.56 Å². The summed E-state index contributed by atoms with van der Waals surface area (Å²) in [6.07, 6.45) is 4.97. The van der Waals surface area contributed by atoms with Crippen LogP contribution in [-0.4, -0.2) is 15.5 Å². The Labute approximate surface area is 192 Å². The molecule has 2 heterocycles. The quantitative estimate of drug-likeness (QED) is 0.509. The number of thiazole rings is 1. The van der Waals surface area contributed by atoms with Crippen LogP contribution < -0.4 is 20.1 Å². The molecule has 0 unspecified atom stereocenters. The minimum absolute atomic E-state index is 0.166. The normalized spacial score (nSPS) is 12.2. The number of pyridine rings is 1. The van der Waals surface area contributed by atoms with E-state index in [1.807, 2.05) is 12.1 Å². The van der Waals surface area contributed by atoms with E-state index in [0.717, 1.165) is 16.9 Å². The molecule has 32 heavy (non-hydrogen) atoms. The molecule has 156 valence electrons. The van der Waals surface area contributed by atoms with Crippen molar-refractivity contribution in [3.63, 3.8) is 0 Å². The highest BCUT2D eigenvalue weighted by Gasteiger charge is 2.17. The van der Waals surface area contributed by atoms with Gasteiger partial charge in [-0.25, -0.2) is 0 Å². The van der Waals surface area contributed by atoms with Gasteiger partial charge in [-0.1, -0.05) is 29.8 Å². The Kier molecular flexibility index (Phi) is 6.26. The highest BCUT2D eigenvalue weighted by molar-refractivity contribution is 7.07. The molecular formula is C24H15ClN4O2S. The van der Waals surface area contributed by atoms with E-state index in [1.54, 1.807) is 79.1 Å². The fourth-order valence-corrected chi connectivity index (χ4v) is 4.22. The predicted octanol–water partition coefficient (Wildman–Crippen LogP) is 3.09. The number of rotatable bonds is 4. The van der Waals surface area contributed by atoms with Gasteiger partial charge < -0.3 is 5.32 Å². The van der Waals surface area contributed by atoms with Gasteiger partial charge >= 0.3 is 0 Å². The molecule has 0 aliphatic carbocycles. The molecule has 8 heteroatoms. The topological polar surface area (TPSA) is 87.8 Å². The SMILES string of the molecule is N#C/C(C(=O)Nc1ccc(Cl)cc1)=c1\s/c(=C/c2ccncc2)c(=O)n1-c1ccccc1. The summed E-state index contributed by atoms with van der Waals surface area (Å²) in [5.41, 5.74) is 1.35. The van der Waals surface area contributed by atoms with Crippen molar-refractivity contribution in [1.82, 2.24) is 9.55 Å². The van der Waals surface area contributed by atoms with E-state index in [9.17, 15) is 14.9 Å². The number of anilines is 1. The van der Waals surface area contributed by atoms with Crippen LogP contribution in [0, 0.1) is 11.3 Å². The molecular weight excluding hydrogens is 444 g/mol. The third-order valence-corrected chi connectivity index (χ3v) is 5.84. The van der Waals surface area contributed by atoms with Crippen molar-refractivity contribution in [1.29, 1.82) is 5.26 Å². The Morgan fingerprint density at radius 3 is 2.41 bits per heavy atom. The van der Waals surface area contributed by atoms with E-state index in [-0.39, 0.29) is 15.8 Å². The van der Waals surface area contributed by atoms with Gasteiger partial charge in [-0.15, -0.1) is 11.3 Å². The molecule has 0 aliphatic rings. The lowest BCUT2D eigenvalue weighted by molar-refractivity contribution is -0.111. The van der Waals surface area contributed by atoms with Gasteiger partial charge in [0.2, 0.25) is 0 Å². The highest BCUT2D eigenvalue weighted by Crippen LogP contribution is 2.14. The van der Waals surface area contributed by atoms with Crippen LogP contribution in [0.2, 0.25) is 5.02 Å². The predicted molar refractivity (Wildman–Crippen MR) is 126 cm³/mol. The lowest BCUT2D eigenvalue weighted by Gasteiger charge is -2.06. The number of halogens is 1. The van der Waals surface area contributed by atoms with Crippen molar-refractivity contribution in [3.8, 4) is 11.8 Å². The number of carbonyl (C=O) groups excluding carboxylic acids is 1. The summed E-state index contributed by atoms with van der Waals surface area (Å²) in [5, 5.41) is 13.1. The van der Waals surface area contributed by atoms with Crippen LogP contribution in [0.3, 0.4) is 0 Å². The van der Waals surface area contributed by atoms with Crippen molar-refractivity contribution in [2.24, 2.45) is 0 Å². The third kappa shape index (κ3) is 4.52. The lowest BCUT2D eigenvalue weighted by atomic mass is 10.2. The van der Waals surface area contributed by atoms with Gasteiger partial charge in [-0.2, -0.15) is 5.26 Å². The summed E-state index contributed by atoms with van der Waals surface area (Å²) >= 11 is 6.98. The molecule has 4 aromatic rings. The number of para-hydroxylation sites is 1. The first kappa shape index (κ1) is 21.2. The molecule has 4 rings (SSSR count). The zero-order valence-corrected chi connectivity index (χ0v) is 18.1. The Hall–Kier alpha value is -3.99. The maximum Gasteiger partial charge on any atom is 0.273 e. The maximum absolute atomic E-state index is 13.3. The number of carbonyl (C=O) groups is 1. The first-order valence-corrected chi connectivity index (χ1v) is 10.7.